The fourth-order valence-corrected chi connectivity index (χ4v) is 3.54. The normalized spacial score (nSPS) is 20.9. The second-order valence-corrected chi connectivity index (χ2v) is 5.84. The van der Waals surface area contributed by atoms with Gasteiger partial charge < -0.3 is 10.2 Å². The van der Waals surface area contributed by atoms with Crippen LogP contribution in [0, 0.1) is 5.82 Å². The first-order valence-electron chi connectivity index (χ1n) is 7.48. The van der Waals surface area contributed by atoms with Crippen molar-refractivity contribution < 1.29 is 9.18 Å². The average Bonchev–Trinajstić information content (AvgIpc) is 2.99. The number of hydrogen-bond acceptors (Lipinski definition) is 2. The van der Waals surface area contributed by atoms with Crippen LogP contribution in [0.1, 0.15) is 31.2 Å². The predicted molar refractivity (Wildman–Crippen MR) is 83.2 cm³/mol. The summed E-state index contributed by atoms with van der Waals surface area (Å²) in [5.74, 6) is -0.000346. The van der Waals surface area contributed by atoms with Gasteiger partial charge in [0.25, 0.3) is 0 Å². The second kappa shape index (κ2) is 6.75. The van der Waals surface area contributed by atoms with Gasteiger partial charge in [-0.15, -0.1) is 12.4 Å². The van der Waals surface area contributed by atoms with E-state index in [0.717, 1.165) is 57.4 Å². The molecule has 1 N–H and O–H groups in total. The van der Waals surface area contributed by atoms with Gasteiger partial charge in [0.1, 0.15) is 5.82 Å². The van der Waals surface area contributed by atoms with Gasteiger partial charge in [-0.05, 0) is 30.5 Å². The molecular weight excluding hydrogens is 291 g/mol. The lowest BCUT2D eigenvalue weighted by atomic mass is 9.77. The molecule has 1 aromatic carbocycles. The minimum Gasteiger partial charge on any atom is -0.339 e. The highest BCUT2D eigenvalue weighted by Gasteiger charge is 2.44. The van der Waals surface area contributed by atoms with Crippen LogP contribution in [0.5, 0.6) is 0 Å². The number of amides is 1. The minimum absolute atomic E-state index is 0. The Bertz CT molecular complexity index is 480. The maximum Gasteiger partial charge on any atom is 0.233 e. The molecule has 3 nitrogen and oxygen atoms in total. The number of hydrogen-bond donors (Lipinski definition) is 1. The lowest BCUT2D eigenvalue weighted by molar-refractivity contribution is -0.138. The third-order valence-electron chi connectivity index (χ3n) is 4.67. The summed E-state index contributed by atoms with van der Waals surface area (Å²) >= 11 is 0. The van der Waals surface area contributed by atoms with E-state index in [9.17, 15) is 9.18 Å². The van der Waals surface area contributed by atoms with Gasteiger partial charge in [-0.25, -0.2) is 4.39 Å². The van der Waals surface area contributed by atoms with E-state index in [2.05, 4.69) is 5.32 Å². The van der Waals surface area contributed by atoms with Crippen LogP contribution in [-0.2, 0) is 10.2 Å². The molecule has 0 bridgehead atoms. The van der Waals surface area contributed by atoms with Crippen molar-refractivity contribution in [3.05, 3.63) is 35.6 Å². The lowest BCUT2D eigenvalue weighted by Crippen LogP contribution is -2.52. The third-order valence-corrected chi connectivity index (χ3v) is 4.67. The van der Waals surface area contributed by atoms with Crippen molar-refractivity contribution in [1.29, 1.82) is 0 Å². The monoisotopic (exact) mass is 312 g/mol. The van der Waals surface area contributed by atoms with Crippen LogP contribution in [0.25, 0.3) is 0 Å². The first kappa shape index (κ1) is 16.2. The summed E-state index contributed by atoms with van der Waals surface area (Å²) in [5, 5.41) is 3.28. The van der Waals surface area contributed by atoms with E-state index in [-0.39, 0.29) is 24.1 Å². The molecule has 116 valence electrons. The summed E-state index contributed by atoms with van der Waals surface area (Å²) < 4.78 is 13.2. The number of halogens is 2. The zero-order valence-electron chi connectivity index (χ0n) is 12.1. The van der Waals surface area contributed by atoms with E-state index in [4.69, 9.17) is 0 Å². The fourth-order valence-electron chi connectivity index (χ4n) is 3.54. The Hall–Kier alpha value is -1.13. The molecule has 1 saturated heterocycles. The van der Waals surface area contributed by atoms with E-state index < -0.39 is 5.41 Å². The van der Waals surface area contributed by atoms with Crippen LogP contribution in [0.15, 0.2) is 24.3 Å². The van der Waals surface area contributed by atoms with Crippen molar-refractivity contribution in [3.63, 3.8) is 0 Å². The summed E-state index contributed by atoms with van der Waals surface area (Å²) in [6.45, 7) is 3.29. The topological polar surface area (TPSA) is 32.3 Å². The summed E-state index contributed by atoms with van der Waals surface area (Å²) in [6, 6.07) is 6.53. The Balaban J connectivity index is 0.00000161. The number of carbonyl (C=O) groups excluding carboxylic acids is 1. The quantitative estimate of drug-likeness (QED) is 0.910. The van der Waals surface area contributed by atoms with E-state index in [1.807, 2.05) is 4.90 Å². The minimum atomic E-state index is -0.412. The summed E-state index contributed by atoms with van der Waals surface area (Å²) in [6.07, 6.45) is 3.94. The third kappa shape index (κ3) is 3.06. The maximum absolute atomic E-state index is 13.2. The average molecular weight is 313 g/mol. The van der Waals surface area contributed by atoms with Gasteiger partial charge in [-0.1, -0.05) is 25.0 Å². The zero-order chi connectivity index (χ0) is 14.0. The van der Waals surface area contributed by atoms with Crippen molar-refractivity contribution in [2.24, 2.45) is 0 Å². The summed E-state index contributed by atoms with van der Waals surface area (Å²) in [5.41, 5.74) is 0.574. The molecule has 3 rings (SSSR count). The smallest absolute Gasteiger partial charge is 0.233 e. The van der Waals surface area contributed by atoms with Crippen molar-refractivity contribution in [3.8, 4) is 0 Å². The molecular formula is C16H22ClFN2O. The molecule has 1 aliphatic carbocycles. The fraction of sp³-hybridized carbons (Fsp3) is 0.562. The number of benzene rings is 1. The standard InChI is InChI=1S/C16H21FN2O.ClH/c17-14-5-3-13(4-6-14)16(7-1-2-8-16)15(20)19-11-9-18-10-12-19;/h3-6,18H,1-2,7-12H2;1H. The second-order valence-electron chi connectivity index (χ2n) is 5.84. The van der Waals surface area contributed by atoms with Gasteiger partial charge >= 0.3 is 0 Å². The highest BCUT2D eigenvalue weighted by Crippen LogP contribution is 2.42. The molecule has 0 radical (unpaired) electrons. The first-order chi connectivity index (χ1) is 9.72. The van der Waals surface area contributed by atoms with Gasteiger partial charge in [0, 0.05) is 26.2 Å². The molecule has 1 amide bonds. The Labute approximate surface area is 131 Å². The summed E-state index contributed by atoms with van der Waals surface area (Å²) in [4.78, 5) is 15.0. The highest BCUT2D eigenvalue weighted by atomic mass is 35.5. The molecule has 2 aliphatic rings. The van der Waals surface area contributed by atoms with Crippen LogP contribution in [0.4, 0.5) is 4.39 Å². The van der Waals surface area contributed by atoms with E-state index in [1.54, 1.807) is 12.1 Å². The largest absolute Gasteiger partial charge is 0.339 e. The van der Waals surface area contributed by atoms with Crippen LogP contribution >= 0.6 is 12.4 Å². The molecule has 5 heteroatoms. The van der Waals surface area contributed by atoms with E-state index in [1.165, 1.54) is 12.1 Å². The molecule has 0 spiro atoms. The Kier molecular flexibility index (Phi) is 5.22. The number of rotatable bonds is 2. The predicted octanol–water partition coefficient (Wildman–Crippen LogP) is 2.49. The maximum atomic E-state index is 13.2. The van der Waals surface area contributed by atoms with Crippen LogP contribution in [0.2, 0.25) is 0 Å². The van der Waals surface area contributed by atoms with E-state index in [0.29, 0.717) is 0 Å². The van der Waals surface area contributed by atoms with Crippen molar-refractivity contribution >= 4 is 18.3 Å². The Morgan fingerprint density at radius 1 is 1.10 bits per heavy atom. The molecule has 2 fully saturated rings. The lowest BCUT2D eigenvalue weighted by Gasteiger charge is -2.37. The van der Waals surface area contributed by atoms with Gasteiger partial charge in [-0.3, -0.25) is 4.79 Å². The molecule has 1 heterocycles. The van der Waals surface area contributed by atoms with E-state index >= 15 is 0 Å². The van der Waals surface area contributed by atoms with Crippen molar-refractivity contribution in [1.82, 2.24) is 10.2 Å². The van der Waals surface area contributed by atoms with Gasteiger partial charge in [0.15, 0.2) is 0 Å². The van der Waals surface area contributed by atoms with Crippen molar-refractivity contribution in [2.45, 2.75) is 31.1 Å². The number of piperazine rings is 1. The molecule has 1 saturated carbocycles. The molecule has 0 unspecified atom stereocenters. The van der Waals surface area contributed by atoms with Gasteiger partial charge in [0.2, 0.25) is 5.91 Å². The Morgan fingerprint density at radius 3 is 2.24 bits per heavy atom. The molecule has 1 aliphatic heterocycles. The molecule has 0 aromatic heterocycles. The number of nitrogens with zero attached hydrogens (tertiary/aromatic N) is 1. The molecule has 0 atom stereocenters. The van der Waals surface area contributed by atoms with Gasteiger partial charge in [0.05, 0.1) is 5.41 Å². The Morgan fingerprint density at radius 2 is 1.67 bits per heavy atom. The first-order valence-corrected chi connectivity index (χ1v) is 7.48. The van der Waals surface area contributed by atoms with Gasteiger partial charge in [-0.2, -0.15) is 0 Å². The SMILES string of the molecule is Cl.O=C(N1CCNCC1)C1(c2ccc(F)cc2)CCCC1. The highest BCUT2D eigenvalue weighted by molar-refractivity contribution is 5.88. The molecule has 21 heavy (non-hydrogen) atoms. The van der Waals surface area contributed by atoms with Crippen molar-refractivity contribution in [2.75, 3.05) is 26.2 Å². The zero-order valence-corrected chi connectivity index (χ0v) is 12.9. The number of carbonyl (C=O) groups is 1. The van der Waals surface area contributed by atoms with Crippen LogP contribution in [0.3, 0.4) is 0 Å². The van der Waals surface area contributed by atoms with Crippen LogP contribution in [-0.4, -0.2) is 37.0 Å². The number of nitrogens with one attached hydrogen (secondary N) is 1. The summed E-state index contributed by atoms with van der Waals surface area (Å²) in [7, 11) is 0. The molecule has 1 aromatic rings. The van der Waals surface area contributed by atoms with Crippen LogP contribution < -0.4 is 5.32 Å².